The minimum atomic E-state index is -0.690. The second-order valence-corrected chi connectivity index (χ2v) is 14.7. The average Bonchev–Trinajstić information content (AvgIpc) is 2.80. The first-order valence-corrected chi connectivity index (χ1v) is 16.3. The van der Waals surface area contributed by atoms with Crippen LogP contribution in [0.15, 0.2) is 0 Å². The van der Waals surface area contributed by atoms with Gasteiger partial charge < -0.3 is 23.7 Å². The smallest absolute Gasteiger partial charge is 0.319 e. The largest absolute Gasteiger partial charge is 0.469 e. The lowest BCUT2D eigenvalue weighted by Gasteiger charge is -2.14. The van der Waals surface area contributed by atoms with Crippen LogP contribution in [0, 0.1) is 0 Å². The molecule has 0 bridgehead atoms. The highest BCUT2D eigenvalue weighted by molar-refractivity contribution is 8.58. The molecule has 186 valence electrons. The summed E-state index contributed by atoms with van der Waals surface area (Å²) in [5.74, 6) is 0.434. The average molecular weight is 569 g/mol. The maximum Gasteiger partial charge on any atom is 0.319 e. The van der Waals surface area contributed by atoms with E-state index in [2.05, 4.69) is 9.47 Å². The van der Waals surface area contributed by atoms with E-state index in [1.54, 1.807) is 8.88 Å². The van der Waals surface area contributed by atoms with Crippen LogP contribution in [0.1, 0.15) is 12.8 Å². The molecule has 32 heavy (non-hydrogen) atoms. The van der Waals surface area contributed by atoms with Crippen LogP contribution in [0.25, 0.3) is 0 Å². The summed E-state index contributed by atoms with van der Waals surface area (Å²) < 4.78 is 24.3. The van der Waals surface area contributed by atoms with Gasteiger partial charge in [0.15, 0.2) is 0 Å². The van der Waals surface area contributed by atoms with Gasteiger partial charge in [0.05, 0.1) is 53.8 Å². The van der Waals surface area contributed by atoms with E-state index in [9.17, 15) is 19.2 Å². The quantitative estimate of drug-likeness (QED) is 0.113. The molecule has 0 spiro atoms. The summed E-state index contributed by atoms with van der Waals surface area (Å²) in [6.07, 6.45) is -0.133. The molecule has 0 aliphatic heterocycles. The molecule has 0 aromatic carbocycles. The van der Waals surface area contributed by atoms with E-state index in [1.165, 1.54) is 60.8 Å². The fourth-order valence-corrected chi connectivity index (χ4v) is 11.0. The Balaban J connectivity index is 4.53. The topological polar surface area (TPSA) is 114 Å². The van der Waals surface area contributed by atoms with Crippen LogP contribution in [0.5, 0.6) is 0 Å². The number of hydrogen-bond acceptors (Lipinski definition) is 12. The number of hydrogen-bond donors (Lipinski definition) is 0. The Morgan fingerprint density at radius 2 is 1.34 bits per heavy atom. The molecule has 15 heteroatoms. The lowest BCUT2D eigenvalue weighted by Crippen LogP contribution is -2.24. The number of esters is 4. The lowest BCUT2D eigenvalue weighted by atomic mass is 10.3. The predicted octanol–water partition coefficient (Wildman–Crippen LogP) is 0.712. The number of carbonyl (C=O) groups excluding carboxylic acids is 4. The summed E-state index contributed by atoms with van der Waals surface area (Å²) in [6.45, 7) is 0.443. The van der Waals surface area contributed by atoms with Crippen molar-refractivity contribution in [1.82, 2.24) is 0 Å². The van der Waals surface area contributed by atoms with Gasteiger partial charge in [-0.1, -0.05) is 0 Å². The number of carbonyl (C=O) groups is 4. The zero-order valence-corrected chi connectivity index (χ0v) is 23.1. The van der Waals surface area contributed by atoms with Gasteiger partial charge in [0.25, 0.3) is 0 Å². The summed E-state index contributed by atoms with van der Waals surface area (Å²) in [7, 11) is 7.76. The highest BCUT2D eigenvalue weighted by atomic mass is 33.2. The van der Waals surface area contributed by atoms with Gasteiger partial charge in [0.2, 0.25) is 0 Å². The Hall–Kier alpha value is -0.450. The predicted molar refractivity (Wildman–Crippen MR) is 135 cm³/mol. The highest BCUT2D eigenvalue weighted by Gasteiger charge is 2.24. The molecule has 3 atom stereocenters. The van der Waals surface area contributed by atoms with Crippen molar-refractivity contribution in [2.24, 2.45) is 0 Å². The summed E-state index contributed by atoms with van der Waals surface area (Å²) in [4.78, 5) is 46.5. The van der Waals surface area contributed by atoms with Gasteiger partial charge in [-0.05, 0) is 28.9 Å². The van der Waals surface area contributed by atoms with Gasteiger partial charge in [-0.3, -0.25) is 19.2 Å². The molecule has 0 fully saturated rings. The maximum absolute atomic E-state index is 11.9. The number of rotatable bonds is 16. The van der Waals surface area contributed by atoms with E-state index >= 15 is 0 Å². The molecular weight excluding hydrogens is 541 g/mol. The molecule has 9 nitrogen and oxygen atoms in total. The first kappa shape index (κ1) is 31.6. The van der Waals surface area contributed by atoms with Gasteiger partial charge in [-0.2, -0.15) is 0 Å². The molecule has 0 rings (SSSR count). The molecule has 0 saturated carbocycles. The Morgan fingerprint density at radius 3 is 1.81 bits per heavy atom. The monoisotopic (exact) mass is 568 g/mol. The van der Waals surface area contributed by atoms with Crippen molar-refractivity contribution in [2.75, 3.05) is 58.2 Å². The van der Waals surface area contributed by atoms with Crippen LogP contribution in [-0.4, -0.2) is 92.6 Å². The van der Waals surface area contributed by atoms with Crippen LogP contribution in [0.2, 0.25) is 0 Å². The summed E-state index contributed by atoms with van der Waals surface area (Å²) in [5, 5.41) is -1.30. The summed E-state index contributed by atoms with van der Waals surface area (Å²) in [5.41, 5.74) is 0. The van der Waals surface area contributed by atoms with Crippen molar-refractivity contribution < 1.29 is 42.9 Å². The molecule has 0 aromatic heterocycles. The van der Waals surface area contributed by atoms with E-state index in [0.717, 1.165) is 11.5 Å². The Kier molecular flexibility index (Phi) is 19.7. The Morgan fingerprint density at radius 1 is 0.812 bits per heavy atom. The van der Waals surface area contributed by atoms with Crippen molar-refractivity contribution in [3.05, 3.63) is 0 Å². The number of thioether (sulfide) groups is 2. The maximum atomic E-state index is 11.9. The highest BCUT2D eigenvalue weighted by Crippen LogP contribution is 2.18. The third kappa shape index (κ3) is 14.6. The van der Waals surface area contributed by atoms with Crippen molar-refractivity contribution in [3.63, 3.8) is 0 Å². The molecule has 0 N–H and O–H groups in total. The van der Waals surface area contributed by atoms with E-state index in [0.29, 0.717) is 12.4 Å². The van der Waals surface area contributed by atoms with Crippen molar-refractivity contribution in [1.29, 1.82) is 0 Å². The molecule has 3 unspecified atom stereocenters. The Labute approximate surface area is 209 Å². The lowest BCUT2D eigenvalue weighted by molar-refractivity contribution is -0.146. The molecule has 0 amide bonds. The zero-order chi connectivity index (χ0) is 24.4. The third-order valence-electron chi connectivity index (χ3n) is 3.65. The first-order chi connectivity index (χ1) is 15.3. The van der Waals surface area contributed by atoms with Gasteiger partial charge >= 0.3 is 23.9 Å². The second kappa shape index (κ2) is 20.0. The van der Waals surface area contributed by atoms with Crippen LogP contribution < -0.4 is 0 Å². The van der Waals surface area contributed by atoms with Gasteiger partial charge in [-0.15, -0.1) is 33.0 Å². The fraction of sp³-hybridized carbons (Fsp3) is 0.765. The van der Waals surface area contributed by atoms with Gasteiger partial charge in [-0.25, -0.2) is 0 Å². The van der Waals surface area contributed by atoms with E-state index < -0.39 is 34.4 Å². The molecule has 0 aliphatic rings. The second-order valence-electron chi connectivity index (χ2n) is 5.63. The zero-order valence-electron chi connectivity index (χ0n) is 18.2. The fourth-order valence-electron chi connectivity index (χ4n) is 1.99. The number of methoxy groups -OCH3 is 4. The molecule has 0 aliphatic carbocycles. The SMILES string of the molecule is COC(=O)CC(SCCS(CCOCSC(CC(=O)OC)C(=O)OC)=S=S=S)C(=O)OC. The van der Waals surface area contributed by atoms with Crippen LogP contribution in [0.3, 0.4) is 0 Å². The van der Waals surface area contributed by atoms with Crippen LogP contribution in [-0.2, 0) is 81.3 Å². The van der Waals surface area contributed by atoms with Gasteiger partial charge in [0, 0.05) is 17.3 Å². The van der Waals surface area contributed by atoms with Crippen LogP contribution >= 0.6 is 23.5 Å². The van der Waals surface area contributed by atoms with Crippen molar-refractivity contribution in [3.8, 4) is 0 Å². The number of ether oxygens (including phenoxy) is 5. The van der Waals surface area contributed by atoms with E-state index in [-0.39, 0.29) is 28.2 Å². The first-order valence-electron chi connectivity index (χ1n) is 9.07. The normalized spacial score (nSPS) is 13.2. The molecular formula is C17H28O9S6. The van der Waals surface area contributed by atoms with Crippen molar-refractivity contribution in [2.45, 2.75) is 23.3 Å². The molecule has 0 heterocycles. The standard InChI is InChI=1S/C17H28O9S6/c1-22-14(18)9-12(16(20)24-3)28-6-8-32(31-30-27)7-5-26-11-29-13(17(21)25-4)10-15(19)23-2/h12-13H,5-11H2,1-4H3. The molecule has 0 radical (unpaired) electrons. The minimum Gasteiger partial charge on any atom is -0.469 e. The van der Waals surface area contributed by atoms with Gasteiger partial charge in [0.1, 0.15) is 10.5 Å². The summed E-state index contributed by atoms with van der Waals surface area (Å²) >= 11 is 7.52. The van der Waals surface area contributed by atoms with Crippen molar-refractivity contribution >= 4 is 85.8 Å². The summed E-state index contributed by atoms with van der Waals surface area (Å²) in [6, 6.07) is 0. The third-order valence-corrected chi connectivity index (χ3v) is 13.2. The minimum absolute atomic E-state index is 0.0438. The van der Waals surface area contributed by atoms with Crippen LogP contribution in [0.4, 0.5) is 0 Å². The Bertz CT molecular complexity index is 719. The molecule has 0 saturated heterocycles. The van der Waals surface area contributed by atoms with E-state index in [1.807, 2.05) is 0 Å². The molecule has 0 aromatic rings. The van der Waals surface area contributed by atoms with E-state index in [4.69, 9.17) is 25.4 Å².